The Morgan fingerprint density at radius 2 is 1.96 bits per heavy atom. The third-order valence-corrected chi connectivity index (χ3v) is 4.37. The van der Waals surface area contributed by atoms with Gasteiger partial charge in [0.2, 0.25) is 0 Å². The average molecular weight is 344 g/mol. The Kier molecular flexibility index (Phi) is 4.70. The Bertz CT molecular complexity index is 781. The van der Waals surface area contributed by atoms with Crippen molar-refractivity contribution in [3.8, 4) is 23.0 Å². The molecule has 0 aliphatic carbocycles. The second-order valence-electron chi connectivity index (χ2n) is 5.87. The van der Waals surface area contributed by atoms with E-state index in [4.69, 9.17) is 19.3 Å². The van der Waals surface area contributed by atoms with Gasteiger partial charge in [0.25, 0.3) is 0 Å². The normalized spacial score (nSPS) is 15.8. The summed E-state index contributed by atoms with van der Waals surface area (Å²) in [7, 11) is 3.12. The van der Waals surface area contributed by atoms with Gasteiger partial charge in [-0.15, -0.1) is 0 Å². The summed E-state index contributed by atoms with van der Waals surface area (Å²) in [6.07, 6.45) is 0.861. The molecule has 1 aliphatic heterocycles. The van der Waals surface area contributed by atoms with Crippen LogP contribution in [0.15, 0.2) is 30.3 Å². The summed E-state index contributed by atoms with van der Waals surface area (Å²) in [4.78, 5) is 11.2. The van der Waals surface area contributed by atoms with Gasteiger partial charge in [0.1, 0.15) is 29.1 Å². The summed E-state index contributed by atoms with van der Waals surface area (Å²) in [6.45, 7) is 0. The van der Waals surface area contributed by atoms with Gasteiger partial charge in [-0.1, -0.05) is 12.1 Å². The van der Waals surface area contributed by atoms with Crippen molar-refractivity contribution in [3.05, 3.63) is 47.0 Å². The molecule has 1 atom stereocenters. The molecular weight excluding hydrogens is 324 g/mol. The highest BCUT2D eigenvalue weighted by atomic mass is 16.5. The van der Waals surface area contributed by atoms with Gasteiger partial charge < -0.3 is 24.4 Å². The summed E-state index contributed by atoms with van der Waals surface area (Å²) in [5, 5.41) is 19.4. The van der Waals surface area contributed by atoms with Crippen LogP contribution in [-0.4, -0.2) is 30.4 Å². The molecular formula is C19H20O6. The van der Waals surface area contributed by atoms with E-state index in [0.29, 0.717) is 17.9 Å². The third-order valence-electron chi connectivity index (χ3n) is 4.37. The molecule has 2 N–H and O–H groups in total. The van der Waals surface area contributed by atoms with Crippen LogP contribution in [0, 0.1) is 0 Å². The molecule has 132 valence electrons. The summed E-state index contributed by atoms with van der Waals surface area (Å²) >= 11 is 0. The van der Waals surface area contributed by atoms with Gasteiger partial charge in [-0.05, 0) is 30.5 Å². The van der Waals surface area contributed by atoms with Crippen LogP contribution in [-0.2, 0) is 17.6 Å². The molecule has 0 spiro atoms. The Morgan fingerprint density at radius 1 is 1.24 bits per heavy atom. The third kappa shape index (κ3) is 3.33. The Balaban J connectivity index is 1.99. The minimum Gasteiger partial charge on any atom is -0.507 e. The van der Waals surface area contributed by atoms with Gasteiger partial charge >= 0.3 is 5.97 Å². The monoisotopic (exact) mass is 344 g/mol. The fourth-order valence-corrected chi connectivity index (χ4v) is 3.12. The summed E-state index contributed by atoms with van der Waals surface area (Å²) in [5.41, 5.74) is 2.04. The molecule has 0 fully saturated rings. The topological polar surface area (TPSA) is 85.2 Å². The lowest BCUT2D eigenvalue weighted by Crippen LogP contribution is -2.18. The van der Waals surface area contributed by atoms with E-state index >= 15 is 0 Å². The highest BCUT2D eigenvalue weighted by molar-refractivity contribution is 5.74. The van der Waals surface area contributed by atoms with E-state index in [1.54, 1.807) is 7.11 Å². The molecule has 1 aliphatic rings. The number of phenols is 1. The fraction of sp³-hybridized carbons (Fsp3) is 0.316. The van der Waals surface area contributed by atoms with Crippen molar-refractivity contribution in [1.29, 1.82) is 0 Å². The maximum Gasteiger partial charge on any atom is 0.308 e. The first-order valence-corrected chi connectivity index (χ1v) is 7.97. The van der Waals surface area contributed by atoms with Gasteiger partial charge in [-0.3, -0.25) is 4.79 Å². The summed E-state index contributed by atoms with van der Waals surface area (Å²) in [5.74, 6) is 0.512. The Labute approximate surface area is 145 Å². The van der Waals surface area contributed by atoms with Gasteiger partial charge in [-0.25, -0.2) is 0 Å². The van der Waals surface area contributed by atoms with Gasteiger partial charge in [0, 0.05) is 17.2 Å². The van der Waals surface area contributed by atoms with E-state index in [1.807, 2.05) is 24.3 Å². The fourth-order valence-electron chi connectivity index (χ4n) is 3.12. The van der Waals surface area contributed by atoms with Crippen LogP contribution in [0.25, 0.3) is 0 Å². The van der Waals surface area contributed by atoms with E-state index in [2.05, 4.69) is 0 Å². The predicted molar refractivity (Wildman–Crippen MR) is 90.7 cm³/mol. The first-order chi connectivity index (χ1) is 12.0. The van der Waals surface area contributed by atoms with Crippen LogP contribution in [0.3, 0.4) is 0 Å². The zero-order chi connectivity index (χ0) is 18.0. The number of rotatable bonds is 5. The molecule has 6 nitrogen and oxygen atoms in total. The molecule has 0 saturated carbocycles. The minimum atomic E-state index is -1.03. The smallest absolute Gasteiger partial charge is 0.308 e. The van der Waals surface area contributed by atoms with Crippen molar-refractivity contribution in [1.82, 2.24) is 0 Å². The van der Waals surface area contributed by atoms with E-state index in [0.717, 1.165) is 23.3 Å². The van der Waals surface area contributed by atoms with Crippen LogP contribution in [0.5, 0.6) is 23.0 Å². The molecule has 0 aromatic heterocycles. The van der Waals surface area contributed by atoms with Crippen LogP contribution in [0.2, 0.25) is 0 Å². The number of aromatic hydroxyl groups is 1. The van der Waals surface area contributed by atoms with E-state index in [9.17, 15) is 9.90 Å². The largest absolute Gasteiger partial charge is 0.507 e. The van der Waals surface area contributed by atoms with Crippen molar-refractivity contribution >= 4 is 5.97 Å². The van der Waals surface area contributed by atoms with Crippen molar-refractivity contribution in [2.24, 2.45) is 0 Å². The number of benzene rings is 2. The van der Waals surface area contributed by atoms with E-state index in [-0.39, 0.29) is 23.8 Å². The molecule has 1 unspecified atom stereocenters. The lowest BCUT2D eigenvalue weighted by atomic mass is 9.93. The van der Waals surface area contributed by atoms with E-state index in [1.165, 1.54) is 13.2 Å². The summed E-state index contributed by atoms with van der Waals surface area (Å²) in [6, 6.07) is 9.01. The first-order valence-electron chi connectivity index (χ1n) is 7.97. The molecule has 0 radical (unpaired) electrons. The van der Waals surface area contributed by atoms with Crippen molar-refractivity contribution in [2.45, 2.75) is 25.4 Å². The predicted octanol–water partition coefficient (Wildman–Crippen LogP) is 3.10. The molecule has 3 rings (SSSR count). The highest BCUT2D eigenvalue weighted by Crippen LogP contribution is 2.45. The molecule has 1 heterocycles. The maximum atomic E-state index is 11.2. The van der Waals surface area contributed by atoms with Crippen LogP contribution >= 0.6 is 0 Å². The Hall–Kier alpha value is -2.89. The lowest BCUT2D eigenvalue weighted by Gasteiger charge is -2.29. The van der Waals surface area contributed by atoms with Gasteiger partial charge in [-0.2, -0.15) is 0 Å². The zero-order valence-corrected chi connectivity index (χ0v) is 14.1. The molecule has 25 heavy (non-hydrogen) atoms. The second kappa shape index (κ2) is 6.93. The first kappa shape index (κ1) is 17.0. The number of ether oxygens (including phenoxy) is 3. The average Bonchev–Trinajstić information content (AvgIpc) is 2.63. The second-order valence-corrected chi connectivity index (χ2v) is 5.87. The summed E-state index contributed by atoms with van der Waals surface area (Å²) < 4.78 is 16.6. The molecule has 6 heteroatoms. The SMILES string of the molecule is COc1ccc(C2CCc3c(OC)cc(O)c(CC(=O)O)c3O2)cc1. The molecule has 0 bridgehead atoms. The number of carboxylic acids is 1. The minimum absolute atomic E-state index is 0.131. The number of aliphatic carboxylic acids is 1. The molecule has 2 aromatic rings. The van der Waals surface area contributed by atoms with Gasteiger partial charge in [0.05, 0.1) is 20.6 Å². The number of carbonyl (C=O) groups is 1. The standard InChI is InChI=1S/C19H20O6/c1-23-12-5-3-11(4-6-12)16-8-7-13-17(24-2)10-15(20)14(9-18(21)22)19(13)25-16/h3-6,10,16,20H,7-9H2,1-2H3,(H,21,22). The highest BCUT2D eigenvalue weighted by Gasteiger charge is 2.29. The number of hydrogen-bond acceptors (Lipinski definition) is 5. The van der Waals surface area contributed by atoms with Gasteiger partial charge in [0.15, 0.2) is 0 Å². The van der Waals surface area contributed by atoms with E-state index < -0.39 is 5.97 Å². The molecule has 0 saturated heterocycles. The number of methoxy groups -OCH3 is 2. The van der Waals surface area contributed by atoms with Crippen LogP contribution in [0.4, 0.5) is 0 Å². The van der Waals surface area contributed by atoms with Crippen LogP contribution in [0.1, 0.15) is 29.2 Å². The molecule has 0 amide bonds. The lowest BCUT2D eigenvalue weighted by molar-refractivity contribution is -0.136. The zero-order valence-electron chi connectivity index (χ0n) is 14.1. The number of hydrogen-bond donors (Lipinski definition) is 2. The van der Waals surface area contributed by atoms with Crippen molar-refractivity contribution in [2.75, 3.05) is 14.2 Å². The van der Waals surface area contributed by atoms with Crippen molar-refractivity contribution in [3.63, 3.8) is 0 Å². The quantitative estimate of drug-likeness (QED) is 0.867. The molecule has 2 aromatic carbocycles. The number of fused-ring (bicyclic) bond motifs is 1. The number of carboxylic acid groups (broad SMARTS) is 1. The van der Waals surface area contributed by atoms with Crippen LogP contribution < -0.4 is 14.2 Å². The maximum absolute atomic E-state index is 11.2. The number of phenolic OH excluding ortho intramolecular Hbond substituents is 1. The van der Waals surface area contributed by atoms with Crippen molar-refractivity contribution < 1.29 is 29.2 Å². The Morgan fingerprint density at radius 3 is 2.56 bits per heavy atom.